The van der Waals surface area contributed by atoms with Crippen LogP contribution in [0, 0.1) is 11.8 Å². The third-order valence-corrected chi connectivity index (χ3v) is 7.11. The van der Waals surface area contributed by atoms with Crippen LogP contribution in [-0.4, -0.2) is 66.4 Å². The van der Waals surface area contributed by atoms with Crippen molar-refractivity contribution in [2.24, 2.45) is 17.6 Å². The van der Waals surface area contributed by atoms with Crippen LogP contribution in [0.5, 0.6) is 5.75 Å². The van der Waals surface area contributed by atoms with Gasteiger partial charge in [0.05, 0.1) is 18.2 Å². The molecular formula is C26H30N4O3. The second-order valence-electron chi connectivity index (χ2n) is 9.20. The molecule has 1 aromatic heterocycles. The molecule has 0 saturated carbocycles. The fourth-order valence-corrected chi connectivity index (χ4v) is 5.53. The van der Waals surface area contributed by atoms with Crippen molar-refractivity contribution >= 4 is 22.7 Å². The van der Waals surface area contributed by atoms with Crippen LogP contribution in [0.15, 0.2) is 48.5 Å². The van der Waals surface area contributed by atoms with E-state index in [0.717, 1.165) is 32.5 Å². The number of primary amides is 1. The van der Waals surface area contributed by atoms with Crippen molar-refractivity contribution in [3.8, 4) is 5.75 Å². The third-order valence-electron chi connectivity index (χ3n) is 7.11. The number of aryl methyl sites for hydroxylation is 1. The number of nitrogens with one attached hydrogen (secondary N) is 1. The van der Waals surface area contributed by atoms with Gasteiger partial charge >= 0.3 is 0 Å². The zero-order chi connectivity index (χ0) is 22.9. The van der Waals surface area contributed by atoms with Gasteiger partial charge in [0.1, 0.15) is 11.4 Å². The van der Waals surface area contributed by atoms with E-state index in [0.29, 0.717) is 41.6 Å². The summed E-state index contributed by atoms with van der Waals surface area (Å²) in [5.41, 5.74) is 8.19. The number of methoxy groups -OCH3 is 1. The van der Waals surface area contributed by atoms with Gasteiger partial charge in [-0.1, -0.05) is 42.5 Å². The molecule has 7 nitrogen and oxygen atoms in total. The number of nitrogens with zero attached hydrogens (tertiary/aromatic N) is 2. The zero-order valence-corrected chi connectivity index (χ0v) is 18.9. The summed E-state index contributed by atoms with van der Waals surface area (Å²) < 4.78 is 5.40. The van der Waals surface area contributed by atoms with Crippen molar-refractivity contribution in [1.29, 1.82) is 0 Å². The number of hydrogen-bond acceptors (Lipinski definition) is 4. The summed E-state index contributed by atoms with van der Waals surface area (Å²) in [4.78, 5) is 33.2. The van der Waals surface area contributed by atoms with Crippen molar-refractivity contribution in [2.45, 2.75) is 12.8 Å². The van der Waals surface area contributed by atoms with E-state index in [1.165, 1.54) is 5.56 Å². The van der Waals surface area contributed by atoms with Gasteiger partial charge in [-0.15, -0.1) is 0 Å². The largest absolute Gasteiger partial charge is 0.495 e. The molecule has 3 aromatic rings. The van der Waals surface area contributed by atoms with E-state index in [4.69, 9.17) is 10.5 Å². The second-order valence-corrected chi connectivity index (χ2v) is 9.20. The number of aromatic amines is 1. The summed E-state index contributed by atoms with van der Waals surface area (Å²) in [6.45, 7) is 4.55. The molecule has 3 N–H and O–H groups in total. The lowest BCUT2D eigenvalue weighted by atomic mass is 10.0. The molecule has 3 heterocycles. The van der Waals surface area contributed by atoms with Gasteiger partial charge in [0.2, 0.25) is 0 Å². The quantitative estimate of drug-likeness (QED) is 0.584. The summed E-state index contributed by atoms with van der Waals surface area (Å²) >= 11 is 0. The second kappa shape index (κ2) is 8.90. The first kappa shape index (κ1) is 21.5. The highest BCUT2D eigenvalue weighted by molar-refractivity contribution is 6.15. The Morgan fingerprint density at radius 3 is 2.42 bits per heavy atom. The molecule has 0 spiro atoms. The van der Waals surface area contributed by atoms with Crippen molar-refractivity contribution < 1.29 is 14.3 Å². The van der Waals surface area contributed by atoms with Crippen LogP contribution in [0.1, 0.15) is 32.8 Å². The average molecular weight is 447 g/mol. The molecule has 2 saturated heterocycles. The number of hydrogen-bond donors (Lipinski definition) is 2. The van der Waals surface area contributed by atoms with Crippen molar-refractivity contribution in [3.63, 3.8) is 0 Å². The Morgan fingerprint density at radius 1 is 1.03 bits per heavy atom. The van der Waals surface area contributed by atoms with Crippen LogP contribution in [-0.2, 0) is 6.42 Å². The molecule has 2 amide bonds. The summed E-state index contributed by atoms with van der Waals surface area (Å²) in [7, 11) is 1.56. The molecule has 7 heteroatoms. The summed E-state index contributed by atoms with van der Waals surface area (Å²) in [6.07, 6.45) is 2.24. The Labute approximate surface area is 193 Å². The maximum absolute atomic E-state index is 13.4. The van der Waals surface area contributed by atoms with Gasteiger partial charge in [-0.25, -0.2) is 0 Å². The average Bonchev–Trinajstić information content (AvgIpc) is 3.50. The maximum Gasteiger partial charge on any atom is 0.271 e. The van der Waals surface area contributed by atoms with Crippen molar-refractivity contribution in [1.82, 2.24) is 14.8 Å². The van der Waals surface area contributed by atoms with E-state index < -0.39 is 5.91 Å². The number of fused-ring (bicyclic) bond motifs is 2. The van der Waals surface area contributed by atoms with Crippen molar-refractivity contribution in [3.05, 3.63) is 65.4 Å². The van der Waals surface area contributed by atoms with Crippen LogP contribution in [0.3, 0.4) is 0 Å². The number of aromatic nitrogens is 1. The Hall–Kier alpha value is -3.32. The van der Waals surface area contributed by atoms with Gasteiger partial charge in [0, 0.05) is 31.6 Å². The lowest BCUT2D eigenvalue weighted by Crippen LogP contribution is -2.34. The molecule has 2 atom stereocenters. The molecule has 2 fully saturated rings. The minimum absolute atomic E-state index is 0.160. The summed E-state index contributed by atoms with van der Waals surface area (Å²) in [5, 5.41) is 0.620. The smallest absolute Gasteiger partial charge is 0.271 e. The predicted molar refractivity (Wildman–Crippen MR) is 127 cm³/mol. The molecular weight excluding hydrogens is 416 g/mol. The van der Waals surface area contributed by atoms with E-state index in [2.05, 4.69) is 40.2 Å². The fraction of sp³-hybridized carbons (Fsp3) is 0.385. The Balaban J connectivity index is 1.24. The van der Waals surface area contributed by atoms with E-state index >= 15 is 0 Å². The summed E-state index contributed by atoms with van der Waals surface area (Å²) in [6, 6.07) is 16.0. The van der Waals surface area contributed by atoms with E-state index in [1.807, 2.05) is 4.90 Å². The number of para-hydroxylation sites is 1. The third kappa shape index (κ3) is 4.09. The van der Waals surface area contributed by atoms with Crippen LogP contribution in [0.2, 0.25) is 0 Å². The zero-order valence-electron chi connectivity index (χ0n) is 18.9. The number of benzene rings is 2. The van der Waals surface area contributed by atoms with Gasteiger partial charge in [-0.3, -0.25) is 9.59 Å². The monoisotopic (exact) mass is 446 g/mol. The number of rotatable bonds is 7. The topological polar surface area (TPSA) is 91.7 Å². The Kier molecular flexibility index (Phi) is 5.81. The SMILES string of the molecule is COc1cccc2c(C(N)=O)c(C(=O)N3CC4CN(CCCc5ccccc5)C[C@H]4C3)[nH]c12. The standard InChI is InChI=1S/C26H30N4O3/c1-33-21-11-5-10-20-22(25(27)31)24(28-23(20)21)26(32)30-15-18-13-29(14-19(18)16-30)12-6-9-17-7-3-2-4-8-17/h2-5,7-8,10-11,18-19,28H,6,9,12-16H2,1H3,(H2,27,31)/t18-,19?/m0/s1. The highest BCUT2D eigenvalue weighted by Gasteiger charge is 2.42. The van der Waals surface area contributed by atoms with Gasteiger partial charge in [-0.2, -0.15) is 0 Å². The number of ether oxygens (including phenoxy) is 1. The Bertz CT molecular complexity index is 1160. The highest BCUT2D eigenvalue weighted by atomic mass is 16.5. The molecule has 0 bridgehead atoms. The number of likely N-dealkylation sites (tertiary alicyclic amines) is 2. The number of amides is 2. The van der Waals surface area contributed by atoms with Gasteiger partial charge in [-0.05, 0) is 42.9 Å². The predicted octanol–water partition coefficient (Wildman–Crippen LogP) is 2.91. The lowest BCUT2D eigenvalue weighted by Gasteiger charge is -2.21. The maximum atomic E-state index is 13.4. The van der Waals surface area contributed by atoms with Crippen LogP contribution in [0.25, 0.3) is 10.9 Å². The van der Waals surface area contributed by atoms with Crippen LogP contribution < -0.4 is 10.5 Å². The van der Waals surface area contributed by atoms with Crippen molar-refractivity contribution in [2.75, 3.05) is 39.8 Å². The molecule has 5 rings (SSSR count). The number of H-pyrrole nitrogens is 1. The number of carbonyl (C=O) groups excluding carboxylic acids is 2. The van der Waals surface area contributed by atoms with Gasteiger partial charge in [0.25, 0.3) is 11.8 Å². The lowest BCUT2D eigenvalue weighted by molar-refractivity contribution is 0.0764. The first-order valence-corrected chi connectivity index (χ1v) is 11.6. The van der Waals surface area contributed by atoms with Crippen LogP contribution in [0.4, 0.5) is 0 Å². The molecule has 172 valence electrons. The molecule has 0 radical (unpaired) electrons. The first-order chi connectivity index (χ1) is 16.0. The van der Waals surface area contributed by atoms with Gasteiger partial charge in [0.15, 0.2) is 0 Å². The number of carbonyl (C=O) groups is 2. The fourth-order valence-electron chi connectivity index (χ4n) is 5.53. The minimum Gasteiger partial charge on any atom is -0.495 e. The van der Waals surface area contributed by atoms with E-state index in [-0.39, 0.29) is 17.2 Å². The molecule has 2 aliphatic rings. The van der Waals surface area contributed by atoms with E-state index in [1.54, 1.807) is 25.3 Å². The molecule has 2 aliphatic heterocycles. The highest BCUT2D eigenvalue weighted by Crippen LogP contribution is 2.34. The molecule has 0 aliphatic carbocycles. The Morgan fingerprint density at radius 2 is 1.76 bits per heavy atom. The van der Waals surface area contributed by atoms with Crippen LogP contribution >= 0.6 is 0 Å². The normalized spacial score (nSPS) is 20.3. The molecule has 33 heavy (non-hydrogen) atoms. The van der Waals surface area contributed by atoms with E-state index in [9.17, 15) is 9.59 Å². The summed E-state index contributed by atoms with van der Waals surface area (Å²) in [5.74, 6) is 0.760. The van der Waals surface area contributed by atoms with Gasteiger partial charge < -0.3 is 25.3 Å². The first-order valence-electron chi connectivity index (χ1n) is 11.6. The minimum atomic E-state index is -0.609. The molecule has 2 aromatic carbocycles. The molecule has 1 unspecified atom stereocenters. The number of nitrogens with two attached hydrogens (primary N) is 1.